The molecule has 0 aliphatic carbocycles. The maximum atomic E-state index is 12.4. The molecule has 8 nitrogen and oxygen atoms in total. The number of hydrogen-bond donors (Lipinski definition) is 1. The fraction of sp³-hybridized carbons (Fsp3) is 0.300. The first-order valence-corrected chi connectivity index (χ1v) is 9.85. The molecule has 3 rings (SSSR count). The smallest absolute Gasteiger partial charge is 0.307 e. The van der Waals surface area contributed by atoms with Crippen LogP contribution in [0.1, 0.15) is 24.8 Å². The van der Waals surface area contributed by atoms with E-state index in [9.17, 15) is 9.59 Å². The zero-order chi connectivity index (χ0) is 20.8. The summed E-state index contributed by atoms with van der Waals surface area (Å²) < 4.78 is 15.6. The molecule has 1 amide bonds. The summed E-state index contributed by atoms with van der Waals surface area (Å²) in [5.41, 5.74) is 1.49. The number of ether oxygens (including phenoxy) is 2. The molecular formula is C20H21N3O5S. The molecule has 2 heterocycles. The zero-order valence-electron chi connectivity index (χ0n) is 16.3. The number of carbonyl (C=O) groups excluding carboxylic acids is 2. The lowest BCUT2D eigenvalue weighted by atomic mass is 10.2. The SMILES string of the molecule is COc1ccc(C)cc1NC(=O)[C@@H](C)OC(=O)CCc1nc(-c2cccs2)no1. The summed E-state index contributed by atoms with van der Waals surface area (Å²) in [5.74, 6) is 0.385. The lowest BCUT2D eigenvalue weighted by molar-refractivity contribution is -0.153. The molecule has 0 saturated heterocycles. The van der Waals surface area contributed by atoms with E-state index in [0.29, 0.717) is 23.2 Å². The maximum Gasteiger partial charge on any atom is 0.307 e. The molecule has 0 aliphatic rings. The first kappa shape index (κ1) is 20.5. The number of nitrogens with one attached hydrogen (secondary N) is 1. The van der Waals surface area contributed by atoms with E-state index in [2.05, 4.69) is 15.5 Å². The summed E-state index contributed by atoms with van der Waals surface area (Å²) in [7, 11) is 1.52. The van der Waals surface area contributed by atoms with Crippen molar-refractivity contribution in [3.8, 4) is 16.5 Å². The van der Waals surface area contributed by atoms with E-state index in [4.69, 9.17) is 14.0 Å². The van der Waals surface area contributed by atoms with Crippen LogP contribution in [-0.2, 0) is 20.7 Å². The Hall–Kier alpha value is -3.20. The van der Waals surface area contributed by atoms with E-state index in [1.54, 1.807) is 12.1 Å². The van der Waals surface area contributed by atoms with Crippen molar-refractivity contribution in [1.29, 1.82) is 0 Å². The fourth-order valence-electron chi connectivity index (χ4n) is 2.53. The number of carbonyl (C=O) groups is 2. The van der Waals surface area contributed by atoms with Crippen LogP contribution >= 0.6 is 11.3 Å². The summed E-state index contributed by atoms with van der Waals surface area (Å²) >= 11 is 1.50. The van der Waals surface area contributed by atoms with E-state index in [-0.39, 0.29) is 12.8 Å². The van der Waals surface area contributed by atoms with Crippen molar-refractivity contribution in [2.24, 2.45) is 0 Å². The van der Waals surface area contributed by atoms with Crippen molar-refractivity contribution in [2.45, 2.75) is 32.8 Å². The van der Waals surface area contributed by atoms with E-state index in [1.807, 2.05) is 30.5 Å². The molecule has 0 fully saturated rings. The summed E-state index contributed by atoms with van der Waals surface area (Å²) in [6.07, 6.45) is -0.702. The van der Waals surface area contributed by atoms with Gasteiger partial charge in [0.25, 0.3) is 5.91 Å². The van der Waals surface area contributed by atoms with Crippen LogP contribution in [0, 0.1) is 6.92 Å². The minimum absolute atomic E-state index is 0.0253. The van der Waals surface area contributed by atoms with E-state index in [0.717, 1.165) is 10.4 Å². The molecule has 1 N–H and O–H groups in total. The first-order chi connectivity index (χ1) is 14.0. The number of esters is 1. The van der Waals surface area contributed by atoms with Crippen LogP contribution in [0.4, 0.5) is 5.69 Å². The Bertz CT molecular complexity index is 984. The van der Waals surface area contributed by atoms with Crippen molar-refractivity contribution < 1.29 is 23.6 Å². The van der Waals surface area contributed by atoms with Gasteiger partial charge in [-0.05, 0) is 43.0 Å². The Morgan fingerprint density at radius 3 is 2.86 bits per heavy atom. The summed E-state index contributed by atoms with van der Waals surface area (Å²) in [6, 6.07) is 9.20. The topological polar surface area (TPSA) is 104 Å². The number of aryl methyl sites for hydroxylation is 2. The number of hydrogen-bond acceptors (Lipinski definition) is 8. The second-order valence-corrected chi connectivity index (χ2v) is 7.26. The Labute approximate surface area is 171 Å². The van der Waals surface area contributed by atoms with Gasteiger partial charge in [-0.15, -0.1) is 11.3 Å². The molecule has 29 heavy (non-hydrogen) atoms. The highest BCUT2D eigenvalue weighted by Crippen LogP contribution is 2.25. The average molecular weight is 415 g/mol. The fourth-order valence-corrected chi connectivity index (χ4v) is 3.18. The molecule has 0 bridgehead atoms. The van der Waals surface area contributed by atoms with Crippen LogP contribution in [0.5, 0.6) is 5.75 Å². The standard InChI is InChI=1S/C20H21N3O5S/c1-12-6-7-15(26-3)14(11-12)21-20(25)13(2)27-18(24)9-8-17-22-19(23-28-17)16-5-4-10-29-16/h4-7,10-11,13H,8-9H2,1-3H3,(H,21,25)/t13-/m1/s1. The summed E-state index contributed by atoms with van der Waals surface area (Å²) in [5, 5.41) is 8.53. The molecule has 1 atom stereocenters. The van der Waals surface area contributed by atoms with Gasteiger partial charge in [0.05, 0.1) is 24.1 Å². The van der Waals surface area contributed by atoms with Gasteiger partial charge in [-0.25, -0.2) is 0 Å². The van der Waals surface area contributed by atoms with Crippen LogP contribution in [0.3, 0.4) is 0 Å². The second-order valence-electron chi connectivity index (χ2n) is 6.31. The Balaban J connectivity index is 1.50. The number of amides is 1. The molecule has 3 aromatic rings. The van der Waals surface area contributed by atoms with Crippen molar-refractivity contribution in [3.63, 3.8) is 0 Å². The molecular weight excluding hydrogens is 394 g/mol. The molecule has 9 heteroatoms. The van der Waals surface area contributed by atoms with Gasteiger partial charge in [0.2, 0.25) is 11.7 Å². The third-order valence-corrected chi connectivity index (χ3v) is 4.91. The molecule has 0 spiro atoms. The van der Waals surface area contributed by atoms with Crippen LogP contribution in [-0.4, -0.2) is 35.2 Å². The van der Waals surface area contributed by atoms with Crippen LogP contribution in [0.25, 0.3) is 10.7 Å². The number of rotatable bonds is 8. The van der Waals surface area contributed by atoms with Crippen molar-refractivity contribution in [3.05, 3.63) is 47.2 Å². The zero-order valence-corrected chi connectivity index (χ0v) is 17.1. The normalized spacial score (nSPS) is 11.7. The molecule has 0 radical (unpaired) electrons. The number of methoxy groups -OCH3 is 1. The quantitative estimate of drug-likeness (QED) is 0.560. The van der Waals surface area contributed by atoms with Gasteiger partial charge in [-0.3, -0.25) is 9.59 Å². The molecule has 2 aromatic heterocycles. The lowest BCUT2D eigenvalue weighted by Crippen LogP contribution is -2.30. The lowest BCUT2D eigenvalue weighted by Gasteiger charge is -2.15. The number of anilines is 1. The number of aromatic nitrogens is 2. The van der Waals surface area contributed by atoms with E-state index in [1.165, 1.54) is 25.4 Å². The minimum Gasteiger partial charge on any atom is -0.495 e. The van der Waals surface area contributed by atoms with E-state index >= 15 is 0 Å². The van der Waals surface area contributed by atoms with Gasteiger partial charge >= 0.3 is 5.97 Å². The first-order valence-electron chi connectivity index (χ1n) is 8.97. The number of benzene rings is 1. The van der Waals surface area contributed by atoms with Crippen LogP contribution in [0.15, 0.2) is 40.2 Å². The highest BCUT2D eigenvalue weighted by Gasteiger charge is 2.20. The Morgan fingerprint density at radius 2 is 2.14 bits per heavy atom. The Morgan fingerprint density at radius 1 is 1.31 bits per heavy atom. The highest BCUT2D eigenvalue weighted by molar-refractivity contribution is 7.13. The maximum absolute atomic E-state index is 12.4. The Kier molecular flexibility index (Phi) is 6.61. The van der Waals surface area contributed by atoms with Crippen LogP contribution < -0.4 is 10.1 Å². The molecule has 152 valence electrons. The monoisotopic (exact) mass is 415 g/mol. The average Bonchev–Trinajstić information content (AvgIpc) is 3.38. The molecule has 0 aliphatic heterocycles. The third-order valence-electron chi connectivity index (χ3n) is 4.04. The number of thiophene rings is 1. The van der Waals surface area contributed by atoms with Crippen LogP contribution in [0.2, 0.25) is 0 Å². The second kappa shape index (κ2) is 9.33. The van der Waals surface area contributed by atoms with Crippen molar-refractivity contribution >= 4 is 28.9 Å². The van der Waals surface area contributed by atoms with Gasteiger partial charge in [0.15, 0.2) is 6.10 Å². The van der Waals surface area contributed by atoms with Gasteiger partial charge in [0, 0.05) is 6.42 Å². The molecule has 0 saturated carbocycles. The predicted octanol–water partition coefficient (Wildman–Crippen LogP) is 3.62. The third kappa shape index (κ3) is 5.41. The summed E-state index contributed by atoms with van der Waals surface area (Å²) in [6.45, 7) is 3.41. The minimum atomic E-state index is -0.961. The highest BCUT2D eigenvalue weighted by atomic mass is 32.1. The molecule has 1 aromatic carbocycles. The largest absolute Gasteiger partial charge is 0.495 e. The van der Waals surface area contributed by atoms with Gasteiger partial charge in [-0.1, -0.05) is 17.3 Å². The predicted molar refractivity (Wildman–Crippen MR) is 108 cm³/mol. The van der Waals surface area contributed by atoms with Gasteiger partial charge in [-0.2, -0.15) is 4.98 Å². The number of nitrogens with zero attached hydrogens (tertiary/aromatic N) is 2. The molecule has 0 unspecified atom stereocenters. The van der Waals surface area contributed by atoms with Gasteiger partial charge in [0.1, 0.15) is 5.75 Å². The van der Waals surface area contributed by atoms with E-state index < -0.39 is 18.0 Å². The summed E-state index contributed by atoms with van der Waals surface area (Å²) in [4.78, 5) is 29.6. The van der Waals surface area contributed by atoms with Crippen molar-refractivity contribution in [2.75, 3.05) is 12.4 Å². The van der Waals surface area contributed by atoms with Gasteiger partial charge < -0.3 is 19.3 Å². The van der Waals surface area contributed by atoms with Crippen molar-refractivity contribution in [1.82, 2.24) is 10.1 Å².